The molecule has 3 N–H and O–H groups in total. The number of hydrogen-bond acceptors (Lipinski definition) is 5. The van der Waals surface area contributed by atoms with Crippen LogP contribution in [-0.2, 0) is 14.4 Å². The molecule has 3 rings (SSSR count). The lowest BCUT2D eigenvalue weighted by Gasteiger charge is -2.28. The summed E-state index contributed by atoms with van der Waals surface area (Å²) < 4.78 is 0. The standard InChI is InChI=1S/C23H21N3O5/c27-20-7-4-8-21(28)26(20)15-19(23(30)25-31)24-22(29)18-13-11-17(12-14-18)10-9-16-5-2-1-3-6-16/h1-3,5-6,11-14,19,31H,4,7-8,15H2,(H,24,29)(H,25,30)/t19-/m0/s1. The zero-order valence-corrected chi connectivity index (χ0v) is 16.6. The lowest BCUT2D eigenvalue weighted by atomic mass is 10.1. The second kappa shape index (κ2) is 10.2. The first-order valence-corrected chi connectivity index (χ1v) is 9.73. The third kappa shape index (κ3) is 5.78. The third-order valence-corrected chi connectivity index (χ3v) is 4.75. The SMILES string of the molecule is O=C(N[C@@H](CN1C(=O)CCCC1=O)C(=O)NO)c1ccc(C#Cc2ccccc2)cc1. The number of nitrogens with one attached hydrogen (secondary N) is 2. The maximum atomic E-state index is 12.6. The molecule has 0 aromatic heterocycles. The number of nitrogens with zero attached hydrogens (tertiary/aromatic N) is 1. The van der Waals surface area contributed by atoms with Crippen LogP contribution in [0.3, 0.4) is 0 Å². The van der Waals surface area contributed by atoms with Crippen LogP contribution in [0.1, 0.15) is 40.7 Å². The summed E-state index contributed by atoms with van der Waals surface area (Å²) in [6, 6.07) is 14.6. The summed E-state index contributed by atoms with van der Waals surface area (Å²) in [6.07, 6.45) is 0.841. The Kier molecular flexibility index (Phi) is 7.14. The first-order chi connectivity index (χ1) is 15.0. The van der Waals surface area contributed by atoms with Crippen molar-refractivity contribution in [3.8, 4) is 11.8 Å². The summed E-state index contributed by atoms with van der Waals surface area (Å²) >= 11 is 0. The minimum absolute atomic E-state index is 0.193. The Bertz CT molecular complexity index is 1020. The molecule has 2 aromatic carbocycles. The molecule has 0 bridgehead atoms. The minimum Gasteiger partial charge on any atom is -0.338 e. The number of amides is 4. The van der Waals surface area contributed by atoms with Crippen LogP contribution in [0.25, 0.3) is 0 Å². The summed E-state index contributed by atoms with van der Waals surface area (Å²) in [5.41, 5.74) is 3.29. The van der Waals surface area contributed by atoms with Gasteiger partial charge in [-0.15, -0.1) is 0 Å². The number of carbonyl (C=O) groups excluding carboxylic acids is 4. The maximum Gasteiger partial charge on any atom is 0.267 e. The molecule has 0 spiro atoms. The van der Waals surface area contributed by atoms with Gasteiger partial charge in [-0.3, -0.25) is 29.3 Å². The number of hydrogen-bond donors (Lipinski definition) is 3. The van der Waals surface area contributed by atoms with E-state index in [2.05, 4.69) is 17.2 Å². The van der Waals surface area contributed by atoms with E-state index < -0.39 is 29.7 Å². The van der Waals surface area contributed by atoms with Crippen molar-refractivity contribution >= 4 is 23.6 Å². The molecule has 2 aromatic rings. The van der Waals surface area contributed by atoms with E-state index in [-0.39, 0.29) is 24.9 Å². The van der Waals surface area contributed by atoms with E-state index in [9.17, 15) is 19.2 Å². The zero-order chi connectivity index (χ0) is 22.2. The van der Waals surface area contributed by atoms with Gasteiger partial charge in [0, 0.05) is 29.5 Å². The largest absolute Gasteiger partial charge is 0.338 e. The van der Waals surface area contributed by atoms with Gasteiger partial charge in [0.15, 0.2) is 0 Å². The van der Waals surface area contributed by atoms with Crippen molar-refractivity contribution in [3.05, 3.63) is 71.3 Å². The molecule has 158 valence electrons. The van der Waals surface area contributed by atoms with Gasteiger partial charge in [0.1, 0.15) is 6.04 Å². The van der Waals surface area contributed by atoms with Gasteiger partial charge in [-0.05, 0) is 42.8 Å². The Balaban J connectivity index is 1.68. The van der Waals surface area contributed by atoms with E-state index in [1.54, 1.807) is 24.3 Å². The van der Waals surface area contributed by atoms with Crippen molar-refractivity contribution in [2.75, 3.05) is 6.54 Å². The Morgan fingerprint density at radius 2 is 1.52 bits per heavy atom. The van der Waals surface area contributed by atoms with Crippen LogP contribution in [0, 0.1) is 11.8 Å². The van der Waals surface area contributed by atoms with Gasteiger partial charge < -0.3 is 5.32 Å². The molecular weight excluding hydrogens is 398 g/mol. The van der Waals surface area contributed by atoms with Crippen LogP contribution >= 0.6 is 0 Å². The van der Waals surface area contributed by atoms with E-state index in [1.165, 1.54) is 5.48 Å². The number of imide groups is 1. The fourth-order valence-electron chi connectivity index (χ4n) is 3.07. The maximum absolute atomic E-state index is 12.6. The first-order valence-electron chi connectivity index (χ1n) is 9.73. The lowest BCUT2D eigenvalue weighted by Crippen LogP contribution is -2.55. The van der Waals surface area contributed by atoms with Crippen LogP contribution in [0.2, 0.25) is 0 Å². The molecule has 31 heavy (non-hydrogen) atoms. The molecule has 0 unspecified atom stereocenters. The molecular formula is C23H21N3O5. The van der Waals surface area contributed by atoms with Gasteiger partial charge in [0.25, 0.3) is 11.8 Å². The smallest absolute Gasteiger partial charge is 0.267 e. The quantitative estimate of drug-likeness (QED) is 0.292. The topological polar surface area (TPSA) is 116 Å². The lowest BCUT2D eigenvalue weighted by molar-refractivity contribution is -0.149. The minimum atomic E-state index is -1.29. The number of likely N-dealkylation sites (tertiary alicyclic amines) is 1. The van der Waals surface area contributed by atoms with E-state index >= 15 is 0 Å². The molecule has 8 nitrogen and oxygen atoms in total. The fraction of sp³-hybridized carbons (Fsp3) is 0.217. The van der Waals surface area contributed by atoms with Crippen LogP contribution in [0.4, 0.5) is 0 Å². The van der Waals surface area contributed by atoms with Crippen molar-refractivity contribution in [2.24, 2.45) is 0 Å². The zero-order valence-electron chi connectivity index (χ0n) is 16.6. The molecule has 8 heteroatoms. The summed E-state index contributed by atoms with van der Waals surface area (Å²) in [4.78, 5) is 49.5. The summed E-state index contributed by atoms with van der Waals surface area (Å²) in [5, 5.41) is 11.4. The van der Waals surface area contributed by atoms with Gasteiger partial charge in [0.2, 0.25) is 11.8 Å². The number of carbonyl (C=O) groups is 4. The summed E-state index contributed by atoms with van der Waals surface area (Å²) in [6.45, 7) is -0.351. The molecule has 1 fully saturated rings. The molecule has 0 aliphatic carbocycles. The highest BCUT2D eigenvalue weighted by Crippen LogP contribution is 2.13. The average molecular weight is 419 g/mol. The normalized spacial score (nSPS) is 14.3. The van der Waals surface area contributed by atoms with Crippen LogP contribution in [0.15, 0.2) is 54.6 Å². The molecule has 1 aliphatic heterocycles. The Morgan fingerprint density at radius 1 is 0.935 bits per heavy atom. The third-order valence-electron chi connectivity index (χ3n) is 4.75. The number of benzene rings is 2. The van der Waals surface area contributed by atoms with Crippen LogP contribution < -0.4 is 10.8 Å². The summed E-state index contributed by atoms with van der Waals surface area (Å²) in [7, 11) is 0. The molecule has 1 saturated heterocycles. The van der Waals surface area contributed by atoms with Gasteiger partial charge in [-0.25, -0.2) is 5.48 Å². The average Bonchev–Trinajstić information content (AvgIpc) is 2.79. The van der Waals surface area contributed by atoms with Crippen molar-refractivity contribution in [1.82, 2.24) is 15.7 Å². The molecule has 0 saturated carbocycles. The monoisotopic (exact) mass is 419 g/mol. The molecule has 0 radical (unpaired) electrons. The highest BCUT2D eigenvalue weighted by Gasteiger charge is 2.32. The summed E-state index contributed by atoms with van der Waals surface area (Å²) in [5.74, 6) is 3.67. The second-order valence-electron chi connectivity index (χ2n) is 6.95. The van der Waals surface area contributed by atoms with E-state index in [0.29, 0.717) is 12.0 Å². The van der Waals surface area contributed by atoms with Crippen molar-refractivity contribution < 1.29 is 24.4 Å². The molecule has 1 aliphatic rings. The number of hydroxylamine groups is 1. The highest BCUT2D eigenvalue weighted by atomic mass is 16.5. The van der Waals surface area contributed by atoms with E-state index in [1.807, 2.05) is 30.3 Å². The van der Waals surface area contributed by atoms with E-state index in [0.717, 1.165) is 10.5 Å². The molecule has 4 amide bonds. The van der Waals surface area contributed by atoms with Crippen molar-refractivity contribution in [3.63, 3.8) is 0 Å². The van der Waals surface area contributed by atoms with Gasteiger partial charge in [-0.1, -0.05) is 30.0 Å². The second-order valence-corrected chi connectivity index (χ2v) is 6.95. The van der Waals surface area contributed by atoms with Gasteiger partial charge in [-0.2, -0.15) is 0 Å². The Morgan fingerprint density at radius 3 is 2.10 bits per heavy atom. The van der Waals surface area contributed by atoms with Crippen molar-refractivity contribution in [1.29, 1.82) is 0 Å². The van der Waals surface area contributed by atoms with Crippen LogP contribution in [-0.4, -0.2) is 46.3 Å². The highest BCUT2D eigenvalue weighted by molar-refractivity contribution is 6.00. The molecule has 1 heterocycles. The number of piperidine rings is 1. The predicted octanol–water partition coefficient (Wildman–Crippen LogP) is 1.23. The van der Waals surface area contributed by atoms with E-state index in [4.69, 9.17) is 5.21 Å². The Hall–Kier alpha value is -3.96. The fourth-order valence-corrected chi connectivity index (χ4v) is 3.07. The Labute approximate surface area is 179 Å². The molecule has 1 atom stereocenters. The first kappa shape index (κ1) is 21.7. The van der Waals surface area contributed by atoms with Crippen LogP contribution in [0.5, 0.6) is 0 Å². The van der Waals surface area contributed by atoms with Gasteiger partial charge >= 0.3 is 0 Å². The predicted molar refractivity (Wildman–Crippen MR) is 111 cm³/mol. The van der Waals surface area contributed by atoms with Gasteiger partial charge in [0.05, 0.1) is 6.54 Å². The van der Waals surface area contributed by atoms with Crippen molar-refractivity contribution in [2.45, 2.75) is 25.3 Å². The number of rotatable bonds is 5.